The van der Waals surface area contributed by atoms with Crippen LogP contribution >= 0.6 is 0 Å². The molecule has 34 heavy (non-hydrogen) atoms. The van der Waals surface area contributed by atoms with E-state index in [0.29, 0.717) is 43.7 Å². The number of alkyl halides is 2. The number of pyridine rings is 1. The lowest BCUT2D eigenvalue weighted by Crippen LogP contribution is -2.45. The number of benzene rings is 1. The van der Waals surface area contributed by atoms with Gasteiger partial charge >= 0.3 is 0 Å². The SMILES string of the molecule is CC1=N\N=C(\c2ccc3cccc(OCC4(F)CCN(CCF)CC4)c3n2)CCC/C=C/C=C\1. The van der Waals surface area contributed by atoms with E-state index in [-0.39, 0.29) is 6.61 Å². The first-order valence-electron chi connectivity index (χ1n) is 12.0. The molecule has 2 aromatic rings. The van der Waals surface area contributed by atoms with Crippen LogP contribution < -0.4 is 4.74 Å². The summed E-state index contributed by atoms with van der Waals surface area (Å²) in [4.78, 5) is 6.82. The molecule has 0 aliphatic carbocycles. The van der Waals surface area contributed by atoms with Crippen LogP contribution in [0.1, 0.15) is 44.7 Å². The second-order valence-electron chi connectivity index (χ2n) is 8.96. The summed E-state index contributed by atoms with van der Waals surface area (Å²) in [6.07, 6.45) is 11.4. The minimum absolute atomic E-state index is 0.0371. The quantitative estimate of drug-likeness (QED) is 0.537. The molecule has 0 amide bonds. The van der Waals surface area contributed by atoms with E-state index < -0.39 is 12.3 Å². The van der Waals surface area contributed by atoms with Crippen LogP contribution in [-0.2, 0) is 0 Å². The lowest BCUT2D eigenvalue weighted by molar-refractivity contribution is 0.0165. The molecule has 180 valence electrons. The number of piperidine rings is 1. The molecule has 7 heteroatoms. The summed E-state index contributed by atoms with van der Waals surface area (Å²) in [7, 11) is 0. The van der Waals surface area contributed by atoms with Crippen LogP contribution in [0.15, 0.2) is 64.8 Å². The van der Waals surface area contributed by atoms with Gasteiger partial charge in [0.25, 0.3) is 0 Å². The standard InChI is InChI=1S/C27H32F2N4O/c1-21-8-5-3-2-4-6-10-24(32-31-21)23-13-12-22-9-7-11-25(26(22)30-23)34-20-27(29)14-17-33(18-15-27)19-16-28/h2-3,5,7-9,11-13H,4,6,10,14-20H2,1H3/b3-2+,8-5-,31-21+,32-24+. The monoisotopic (exact) mass is 466 g/mol. The number of hydrogen-bond donors (Lipinski definition) is 0. The average molecular weight is 467 g/mol. The Bertz CT molecular complexity index is 1100. The third-order valence-corrected chi connectivity index (χ3v) is 6.32. The van der Waals surface area contributed by atoms with Gasteiger partial charge in [0.1, 0.15) is 30.2 Å². The number of rotatable bonds is 6. The van der Waals surface area contributed by atoms with E-state index in [1.165, 1.54) is 0 Å². The zero-order valence-corrected chi connectivity index (χ0v) is 19.7. The Morgan fingerprint density at radius 3 is 2.76 bits per heavy atom. The normalized spacial score (nSPS) is 24.3. The highest BCUT2D eigenvalue weighted by molar-refractivity contribution is 6.02. The summed E-state index contributed by atoms with van der Waals surface area (Å²) in [6, 6.07) is 9.65. The van der Waals surface area contributed by atoms with Crippen molar-refractivity contribution in [1.82, 2.24) is 9.88 Å². The molecule has 2 aliphatic rings. The van der Waals surface area contributed by atoms with Crippen LogP contribution in [-0.4, -0.2) is 59.9 Å². The number of fused-ring (bicyclic) bond motifs is 1. The van der Waals surface area contributed by atoms with E-state index in [9.17, 15) is 4.39 Å². The third-order valence-electron chi connectivity index (χ3n) is 6.32. The van der Waals surface area contributed by atoms with E-state index in [0.717, 1.165) is 41.8 Å². The maximum atomic E-state index is 15.4. The highest BCUT2D eigenvalue weighted by atomic mass is 19.1. The van der Waals surface area contributed by atoms with Gasteiger partial charge in [-0.05, 0) is 57.2 Å². The first-order chi connectivity index (χ1) is 16.6. The Labute approximate surface area is 199 Å². The Balaban J connectivity index is 1.54. The molecule has 0 saturated carbocycles. The van der Waals surface area contributed by atoms with E-state index in [1.807, 2.05) is 60.4 Å². The summed E-state index contributed by atoms with van der Waals surface area (Å²) < 4.78 is 33.9. The number of likely N-dealkylation sites (tertiary alicyclic amines) is 1. The van der Waals surface area contributed by atoms with Gasteiger partial charge in [-0.2, -0.15) is 10.2 Å². The summed E-state index contributed by atoms with van der Waals surface area (Å²) in [5.74, 6) is 0.561. The maximum absolute atomic E-state index is 15.4. The molecular formula is C27H32F2N4O. The maximum Gasteiger partial charge on any atom is 0.147 e. The van der Waals surface area contributed by atoms with Gasteiger partial charge in [-0.15, -0.1) is 0 Å². The van der Waals surface area contributed by atoms with Crippen molar-refractivity contribution in [2.75, 3.05) is 32.9 Å². The highest BCUT2D eigenvalue weighted by Gasteiger charge is 2.35. The van der Waals surface area contributed by atoms with Crippen molar-refractivity contribution >= 4 is 22.3 Å². The van der Waals surface area contributed by atoms with Gasteiger partial charge in [-0.25, -0.2) is 13.8 Å². The van der Waals surface area contributed by atoms with Crippen molar-refractivity contribution in [3.8, 4) is 5.75 Å². The zero-order valence-electron chi connectivity index (χ0n) is 19.7. The summed E-state index contributed by atoms with van der Waals surface area (Å²) in [5.41, 5.74) is 1.66. The molecule has 1 aromatic carbocycles. The van der Waals surface area contributed by atoms with E-state index in [4.69, 9.17) is 9.72 Å². The molecule has 0 atom stereocenters. The number of nitrogens with zero attached hydrogens (tertiary/aromatic N) is 4. The average Bonchev–Trinajstić information content (AvgIpc) is 2.90. The molecule has 1 fully saturated rings. The molecule has 4 rings (SSSR count). The molecule has 1 saturated heterocycles. The number of halogens is 2. The Hall–Kier alpha value is -2.93. The Morgan fingerprint density at radius 1 is 1.09 bits per heavy atom. The largest absolute Gasteiger partial charge is 0.488 e. The van der Waals surface area contributed by atoms with E-state index in [2.05, 4.69) is 16.3 Å². The highest BCUT2D eigenvalue weighted by Crippen LogP contribution is 2.30. The molecule has 0 radical (unpaired) electrons. The second-order valence-corrected chi connectivity index (χ2v) is 8.96. The van der Waals surface area contributed by atoms with Crippen LogP contribution in [0.3, 0.4) is 0 Å². The minimum atomic E-state index is -1.42. The van der Waals surface area contributed by atoms with Crippen molar-refractivity contribution in [3.05, 3.63) is 60.3 Å². The molecule has 0 bridgehead atoms. The molecular weight excluding hydrogens is 434 g/mol. The molecule has 0 unspecified atom stereocenters. The second kappa shape index (κ2) is 11.5. The summed E-state index contributed by atoms with van der Waals surface area (Å²) >= 11 is 0. The molecule has 1 aromatic heterocycles. The van der Waals surface area contributed by atoms with Gasteiger partial charge in [0.05, 0.1) is 17.1 Å². The minimum Gasteiger partial charge on any atom is -0.488 e. The number of hydrogen-bond acceptors (Lipinski definition) is 5. The van der Waals surface area contributed by atoms with Gasteiger partial charge in [0.15, 0.2) is 0 Å². The Kier molecular flexibility index (Phi) is 8.16. The van der Waals surface area contributed by atoms with Crippen molar-refractivity contribution in [1.29, 1.82) is 0 Å². The first kappa shape index (κ1) is 24.2. The van der Waals surface area contributed by atoms with Crippen molar-refractivity contribution in [2.45, 2.75) is 44.7 Å². The third kappa shape index (κ3) is 6.35. The van der Waals surface area contributed by atoms with E-state index in [1.54, 1.807) is 0 Å². The van der Waals surface area contributed by atoms with Gasteiger partial charge in [-0.1, -0.05) is 36.4 Å². The number of ether oxygens (including phenoxy) is 1. The van der Waals surface area contributed by atoms with Crippen LogP contribution in [0.4, 0.5) is 8.78 Å². The lowest BCUT2D eigenvalue weighted by atomic mass is 9.94. The van der Waals surface area contributed by atoms with Crippen molar-refractivity contribution in [2.24, 2.45) is 10.2 Å². The number of aromatic nitrogens is 1. The van der Waals surface area contributed by atoms with E-state index >= 15 is 4.39 Å². The predicted octanol–water partition coefficient (Wildman–Crippen LogP) is 5.85. The fraction of sp³-hybridized carbons (Fsp3) is 0.444. The van der Waals surface area contributed by atoms with Gasteiger partial charge in [-0.3, -0.25) is 0 Å². The molecule has 3 heterocycles. The van der Waals surface area contributed by atoms with Gasteiger partial charge in [0.2, 0.25) is 0 Å². The fourth-order valence-corrected chi connectivity index (χ4v) is 4.20. The first-order valence-corrected chi connectivity index (χ1v) is 12.0. The zero-order chi connectivity index (χ0) is 23.8. The summed E-state index contributed by atoms with van der Waals surface area (Å²) in [5, 5.41) is 9.77. The van der Waals surface area contributed by atoms with Crippen molar-refractivity contribution in [3.63, 3.8) is 0 Å². The van der Waals surface area contributed by atoms with Gasteiger partial charge in [0, 0.05) is 25.0 Å². The topological polar surface area (TPSA) is 50.1 Å². The lowest BCUT2D eigenvalue weighted by Gasteiger charge is -2.35. The smallest absolute Gasteiger partial charge is 0.147 e. The number of allylic oxidation sites excluding steroid dienone is 4. The van der Waals surface area contributed by atoms with Crippen LogP contribution in [0.2, 0.25) is 0 Å². The van der Waals surface area contributed by atoms with Gasteiger partial charge < -0.3 is 9.64 Å². The number of para-hydroxylation sites is 1. The van der Waals surface area contributed by atoms with Crippen LogP contribution in [0.5, 0.6) is 5.75 Å². The fourth-order valence-electron chi connectivity index (χ4n) is 4.20. The summed E-state index contributed by atoms with van der Waals surface area (Å²) in [6.45, 7) is 2.94. The molecule has 5 nitrogen and oxygen atoms in total. The van der Waals surface area contributed by atoms with Crippen molar-refractivity contribution < 1.29 is 13.5 Å². The molecule has 0 N–H and O–H groups in total. The molecule has 2 aliphatic heterocycles. The Morgan fingerprint density at radius 2 is 1.94 bits per heavy atom. The molecule has 0 spiro atoms. The van der Waals surface area contributed by atoms with Crippen LogP contribution in [0.25, 0.3) is 10.9 Å². The predicted molar refractivity (Wildman–Crippen MR) is 135 cm³/mol. The van der Waals surface area contributed by atoms with Crippen LogP contribution in [0, 0.1) is 0 Å².